The fourth-order valence-electron chi connectivity index (χ4n) is 4.12. The first-order valence-electron chi connectivity index (χ1n) is 11.3. The van der Waals surface area contributed by atoms with Crippen LogP contribution < -0.4 is 10.2 Å². The van der Waals surface area contributed by atoms with Crippen LogP contribution in [0, 0.1) is 5.92 Å². The van der Waals surface area contributed by atoms with Gasteiger partial charge in [-0.05, 0) is 46.7 Å². The third-order valence-corrected chi connectivity index (χ3v) is 6.12. The Morgan fingerprint density at radius 3 is 2.06 bits per heavy atom. The molecule has 2 aromatic carbocycles. The summed E-state index contributed by atoms with van der Waals surface area (Å²) in [5, 5.41) is 13.0. The molecule has 0 radical (unpaired) electrons. The molecule has 1 amide bonds. The number of nitrogens with zero attached hydrogens (tertiary/aromatic N) is 2. The summed E-state index contributed by atoms with van der Waals surface area (Å²) in [7, 11) is 0. The van der Waals surface area contributed by atoms with E-state index in [1.165, 1.54) is 11.1 Å². The lowest BCUT2D eigenvalue weighted by Crippen LogP contribution is -2.51. The molecule has 1 saturated heterocycles. The summed E-state index contributed by atoms with van der Waals surface area (Å²) in [6.07, 6.45) is 0. The number of hydrogen-bond acceptors (Lipinski definition) is 4. The maximum atomic E-state index is 12.8. The molecule has 5 nitrogen and oxygen atoms in total. The van der Waals surface area contributed by atoms with E-state index >= 15 is 0 Å². The summed E-state index contributed by atoms with van der Waals surface area (Å²) in [5.41, 5.74) is 3.77. The van der Waals surface area contributed by atoms with Gasteiger partial charge in [-0.25, -0.2) is 0 Å². The summed E-state index contributed by atoms with van der Waals surface area (Å²) < 4.78 is 0. The van der Waals surface area contributed by atoms with Crippen LogP contribution >= 0.6 is 0 Å². The summed E-state index contributed by atoms with van der Waals surface area (Å²) >= 11 is 0. The normalized spacial score (nSPS) is 15.9. The molecule has 0 spiro atoms. The molecule has 1 heterocycles. The number of rotatable bonds is 6. The predicted molar refractivity (Wildman–Crippen MR) is 128 cm³/mol. The predicted octanol–water partition coefficient (Wildman–Crippen LogP) is 4.33. The van der Waals surface area contributed by atoms with Crippen LogP contribution in [0.3, 0.4) is 0 Å². The number of amides is 1. The molecule has 1 aliphatic heterocycles. The van der Waals surface area contributed by atoms with Crippen LogP contribution in [0.15, 0.2) is 48.5 Å². The molecule has 2 aromatic rings. The molecule has 0 aliphatic carbocycles. The highest BCUT2D eigenvalue weighted by molar-refractivity contribution is 5.78. The van der Waals surface area contributed by atoms with Gasteiger partial charge in [0.15, 0.2) is 0 Å². The first kappa shape index (κ1) is 23.1. The van der Waals surface area contributed by atoms with Gasteiger partial charge in [-0.15, -0.1) is 0 Å². The Balaban J connectivity index is 1.54. The van der Waals surface area contributed by atoms with Gasteiger partial charge in [0.25, 0.3) is 0 Å². The van der Waals surface area contributed by atoms with E-state index in [9.17, 15) is 9.90 Å². The SMILES string of the molecule is CC(C)[C@H](NCC(=O)N1CCN(c2ccc(O)cc2)CC1)c1ccc(C(C)(C)C)cc1. The number of benzene rings is 2. The molecule has 31 heavy (non-hydrogen) atoms. The number of phenolic OH excluding ortho intramolecular Hbond substituents is 1. The smallest absolute Gasteiger partial charge is 0.236 e. The lowest BCUT2D eigenvalue weighted by molar-refractivity contribution is -0.130. The number of piperazine rings is 1. The van der Waals surface area contributed by atoms with Crippen molar-refractivity contribution in [2.24, 2.45) is 5.92 Å². The zero-order valence-electron chi connectivity index (χ0n) is 19.6. The number of phenols is 1. The molecule has 1 atom stereocenters. The van der Waals surface area contributed by atoms with Crippen LogP contribution in [0.25, 0.3) is 0 Å². The number of carbonyl (C=O) groups excluding carboxylic acids is 1. The van der Waals surface area contributed by atoms with Crippen molar-refractivity contribution in [2.45, 2.75) is 46.1 Å². The Hall–Kier alpha value is -2.53. The maximum Gasteiger partial charge on any atom is 0.236 e. The molecule has 0 aromatic heterocycles. The molecular weight excluding hydrogens is 386 g/mol. The molecule has 168 valence electrons. The first-order valence-corrected chi connectivity index (χ1v) is 11.3. The Kier molecular flexibility index (Phi) is 7.26. The van der Waals surface area contributed by atoms with Gasteiger partial charge in [-0.2, -0.15) is 0 Å². The van der Waals surface area contributed by atoms with Gasteiger partial charge in [0.05, 0.1) is 6.54 Å². The van der Waals surface area contributed by atoms with E-state index in [1.807, 2.05) is 17.0 Å². The van der Waals surface area contributed by atoms with Crippen molar-refractivity contribution in [3.8, 4) is 5.75 Å². The summed E-state index contributed by atoms with van der Waals surface area (Å²) in [6, 6.07) is 16.2. The van der Waals surface area contributed by atoms with Crippen LogP contribution in [0.4, 0.5) is 5.69 Å². The van der Waals surface area contributed by atoms with Crippen molar-refractivity contribution in [2.75, 3.05) is 37.6 Å². The second-order valence-corrected chi connectivity index (χ2v) is 9.86. The standard InChI is InChI=1S/C26H37N3O2/c1-19(2)25(20-6-8-21(9-7-20)26(3,4)5)27-18-24(31)29-16-14-28(15-17-29)22-10-12-23(30)13-11-22/h6-13,19,25,27,30H,14-18H2,1-5H3/t25-/m0/s1. The van der Waals surface area contributed by atoms with E-state index in [4.69, 9.17) is 0 Å². The zero-order valence-corrected chi connectivity index (χ0v) is 19.6. The van der Waals surface area contributed by atoms with E-state index in [0.717, 1.165) is 18.8 Å². The minimum atomic E-state index is 0.136. The van der Waals surface area contributed by atoms with E-state index in [2.05, 4.69) is 69.1 Å². The molecular formula is C26H37N3O2. The molecule has 0 unspecified atom stereocenters. The van der Waals surface area contributed by atoms with Gasteiger partial charge < -0.3 is 20.2 Å². The van der Waals surface area contributed by atoms with Crippen LogP contribution in [-0.4, -0.2) is 48.6 Å². The highest BCUT2D eigenvalue weighted by atomic mass is 16.3. The fraction of sp³-hybridized carbons (Fsp3) is 0.500. The quantitative estimate of drug-likeness (QED) is 0.726. The Labute approximate surface area is 187 Å². The van der Waals surface area contributed by atoms with E-state index < -0.39 is 0 Å². The zero-order chi connectivity index (χ0) is 22.6. The van der Waals surface area contributed by atoms with Crippen molar-refractivity contribution in [3.05, 3.63) is 59.7 Å². The van der Waals surface area contributed by atoms with Crippen LogP contribution in [0.5, 0.6) is 5.75 Å². The number of carbonyl (C=O) groups is 1. The maximum absolute atomic E-state index is 12.8. The summed E-state index contributed by atoms with van der Waals surface area (Å²) in [6.45, 7) is 14.4. The topological polar surface area (TPSA) is 55.8 Å². The van der Waals surface area contributed by atoms with Gasteiger partial charge in [0.1, 0.15) is 5.75 Å². The number of aromatic hydroxyl groups is 1. The molecule has 0 saturated carbocycles. The van der Waals surface area contributed by atoms with Crippen molar-refractivity contribution in [1.29, 1.82) is 0 Å². The van der Waals surface area contributed by atoms with Crippen LogP contribution in [0.2, 0.25) is 0 Å². The molecule has 5 heteroatoms. The van der Waals surface area contributed by atoms with Crippen molar-refractivity contribution in [1.82, 2.24) is 10.2 Å². The second-order valence-electron chi connectivity index (χ2n) is 9.86. The number of nitrogens with one attached hydrogen (secondary N) is 1. The van der Waals surface area contributed by atoms with Crippen LogP contribution in [0.1, 0.15) is 51.8 Å². The van der Waals surface area contributed by atoms with E-state index in [-0.39, 0.29) is 23.1 Å². The number of anilines is 1. The minimum absolute atomic E-state index is 0.136. The molecule has 2 N–H and O–H groups in total. The summed E-state index contributed by atoms with van der Waals surface area (Å²) in [5.74, 6) is 0.818. The number of hydrogen-bond donors (Lipinski definition) is 2. The first-order chi connectivity index (χ1) is 14.6. The highest BCUT2D eigenvalue weighted by Gasteiger charge is 2.23. The largest absolute Gasteiger partial charge is 0.508 e. The van der Waals surface area contributed by atoms with Crippen molar-refractivity contribution >= 4 is 11.6 Å². The summed E-state index contributed by atoms with van der Waals surface area (Å²) in [4.78, 5) is 17.0. The van der Waals surface area contributed by atoms with E-state index in [0.29, 0.717) is 25.6 Å². The third kappa shape index (κ3) is 6.01. The average Bonchev–Trinajstić information content (AvgIpc) is 2.74. The lowest BCUT2D eigenvalue weighted by Gasteiger charge is -2.36. The third-order valence-electron chi connectivity index (χ3n) is 6.12. The Bertz CT molecular complexity index is 846. The Morgan fingerprint density at radius 1 is 0.968 bits per heavy atom. The van der Waals surface area contributed by atoms with Gasteiger partial charge >= 0.3 is 0 Å². The van der Waals surface area contributed by atoms with Crippen molar-refractivity contribution < 1.29 is 9.90 Å². The van der Waals surface area contributed by atoms with Gasteiger partial charge in [0.2, 0.25) is 5.91 Å². The molecule has 1 fully saturated rings. The van der Waals surface area contributed by atoms with Crippen LogP contribution in [-0.2, 0) is 10.2 Å². The molecule has 3 rings (SSSR count). The highest BCUT2D eigenvalue weighted by Crippen LogP contribution is 2.27. The van der Waals surface area contributed by atoms with Crippen molar-refractivity contribution in [3.63, 3.8) is 0 Å². The lowest BCUT2D eigenvalue weighted by atomic mass is 9.85. The second kappa shape index (κ2) is 9.73. The average molecular weight is 424 g/mol. The van der Waals surface area contributed by atoms with Gasteiger partial charge in [0, 0.05) is 37.9 Å². The van der Waals surface area contributed by atoms with Gasteiger partial charge in [-0.3, -0.25) is 4.79 Å². The van der Waals surface area contributed by atoms with Gasteiger partial charge in [-0.1, -0.05) is 58.9 Å². The minimum Gasteiger partial charge on any atom is -0.508 e. The Morgan fingerprint density at radius 2 is 1.55 bits per heavy atom. The monoisotopic (exact) mass is 423 g/mol. The fourth-order valence-corrected chi connectivity index (χ4v) is 4.12. The molecule has 1 aliphatic rings. The van der Waals surface area contributed by atoms with E-state index in [1.54, 1.807) is 12.1 Å². The molecule has 0 bridgehead atoms.